The summed E-state index contributed by atoms with van der Waals surface area (Å²) in [6.45, 7) is 7.80. The zero-order valence-corrected chi connectivity index (χ0v) is 13.3. The smallest absolute Gasteiger partial charge is 0.0101 e. The molecular weight excluding hydrogens is 244 g/mol. The maximum absolute atomic E-state index is 3.55. The third-order valence-corrected chi connectivity index (χ3v) is 7.28. The summed E-state index contributed by atoms with van der Waals surface area (Å²) in [7, 11) is 0. The molecule has 0 aromatic rings. The molecule has 0 aromatic carbocycles. The molecular formula is C18H32N2. The van der Waals surface area contributed by atoms with Crippen molar-refractivity contribution < 1.29 is 0 Å². The van der Waals surface area contributed by atoms with Crippen molar-refractivity contribution in [3.05, 3.63) is 0 Å². The standard InChI is InChI=1S/C18H32N2/c1-15-12-18(13-15)6-10-20(11-7-18)16-2-3-17(14-16)4-8-19-9-5-17/h15-16,19H,2-14H2,1H3. The Morgan fingerprint density at radius 3 is 2.20 bits per heavy atom. The first kappa shape index (κ1) is 13.6. The van der Waals surface area contributed by atoms with E-state index >= 15 is 0 Å². The Labute approximate surface area is 124 Å². The fraction of sp³-hybridized carbons (Fsp3) is 1.00. The topological polar surface area (TPSA) is 15.3 Å². The van der Waals surface area contributed by atoms with Crippen LogP contribution in [-0.2, 0) is 0 Å². The molecule has 0 radical (unpaired) electrons. The maximum atomic E-state index is 3.55. The second-order valence-corrected chi connectivity index (χ2v) is 8.70. The normalized spacial score (nSPS) is 37.4. The van der Waals surface area contributed by atoms with Gasteiger partial charge >= 0.3 is 0 Å². The molecule has 4 aliphatic rings. The molecule has 2 heterocycles. The minimum atomic E-state index is 0.732. The Balaban J connectivity index is 1.32. The van der Waals surface area contributed by atoms with E-state index in [-0.39, 0.29) is 0 Å². The monoisotopic (exact) mass is 276 g/mol. The lowest BCUT2D eigenvalue weighted by atomic mass is 9.58. The highest BCUT2D eigenvalue weighted by atomic mass is 15.2. The Hall–Kier alpha value is -0.0800. The van der Waals surface area contributed by atoms with Crippen LogP contribution < -0.4 is 5.32 Å². The molecule has 4 fully saturated rings. The number of nitrogens with one attached hydrogen (secondary N) is 1. The zero-order chi connectivity index (χ0) is 13.6. The molecule has 2 nitrogen and oxygen atoms in total. The molecule has 2 aliphatic heterocycles. The second kappa shape index (κ2) is 4.98. The van der Waals surface area contributed by atoms with E-state index in [1.165, 1.54) is 84.0 Å². The first-order valence-electron chi connectivity index (χ1n) is 9.14. The molecule has 1 atom stereocenters. The molecule has 114 valence electrons. The van der Waals surface area contributed by atoms with Crippen molar-refractivity contribution in [1.29, 1.82) is 0 Å². The van der Waals surface area contributed by atoms with Crippen LogP contribution in [0.1, 0.15) is 64.7 Å². The number of rotatable bonds is 1. The van der Waals surface area contributed by atoms with Gasteiger partial charge in [0.1, 0.15) is 0 Å². The first-order valence-corrected chi connectivity index (χ1v) is 9.14. The second-order valence-electron chi connectivity index (χ2n) is 8.70. The summed E-state index contributed by atoms with van der Waals surface area (Å²) in [6.07, 6.45) is 13.5. The lowest BCUT2D eigenvalue weighted by molar-refractivity contribution is -0.0187. The summed E-state index contributed by atoms with van der Waals surface area (Å²) in [4.78, 5) is 2.88. The van der Waals surface area contributed by atoms with Gasteiger partial charge in [0.05, 0.1) is 0 Å². The van der Waals surface area contributed by atoms with E-state index in [9.17, 15) is 0 Å². The van der Waals surface area contributed by atoms with Crippen molar-refractivity contribution in [2.45, 2.75) is 70.8 Å². The number of hydrogen-bond donors (Lipinski definition) is 1. The Morgan fingerprint density at radius 1 is 0.850 bits per heavy atom. The minimum Gasteiger partial charge on any atom is -0.317 e. The molecule has 2 heteroatoms. The van der Waals surface area contributed by atoms with Crippen molar-refractivity contribution >= 4 is 0 Å². The third kappa shape index (κ3) is 2.33. The van der Waals surface area contributed by atoms with Crippen molar-refractivity contribution in [3.63, 3.8) is 0 Å². The summed E-state index contributed by atoms with van der Waals surface area (Å²) in [5.41, 5.74) is 1.52. The van der Waals surface area contributed by atoms with Crippen LogP contribution in [0.4, 0.5) is 0 Å². The van der Waals surface area contributed by atoms with Crippen LogP contribution in [0.15, 0.2) is 0 Å². The van der Waals surface area contributed by atoms with Gasteiger partial charge in [-0.2, -0.15) is 0 Å². The molecule has 2 spiro atoms. The molecule has 1 unspecified atom stereocenters. The van der Waals surface area contributed by atoms with Gasteiger partial charge in [-0.25, -0.2) is 0 Å². The van der Waals surface area contributed by atoms with E-state index in [1.54, 1.807) is 0 Å². The average Bonchev–Trinajstić information content (AvgIpc) is 2.83. The van der Waals surface area contributed by atoms with Crippen molar-refractivity contribution in [3.8, 4) is 0 Å². The number of hydrogen-bond acceptors (Lipinski definition) is 2. The van der Waals surface area contributed by atoms with E-state index in [0.717, 1.165) is 22.8 Å². The van der Waals surface area contributed by atoms with Gasteiger partial charge in [-0.15, -0.1) is 0 Å². The summed E-state index contributed by atoms with van der Waals surface area (Å²) in [5, 5.41) is 3.55. The van der Waals surface area contributed by atoms with E-state index in [1.807, 2.05) is 0 Å². The predicted molar refractivity (Wildman–Crippen MR) is 83.8 cm³/mol. The Bertz CT molecular complexity index is 342. The number of nitrogens with zero attached hydrogens (tertiary/aromatic N) is 1. The van der Waals surface area contributed by atoms with E-state index in [2.05, 4.69) is 17.1 Å². The SMILES string of the molecule is CC1CC2(CCN(C3CCC4(CCNCC4)C3)CC2)C1. The van der Waals surface area contributed by atoms with Crippen molar-refractivity contribution in [1.82, 2.24) is 10.2 Å². The lowest BCUT2D eigenvalue weighted by Crippen LogP contribution is -2.49. The van der Waals surface area contributed by atoms with Gasteiger partial charge in [-0.1, -0.05) is 6.92 Å². The van der Waals surface area contributed by atoms with E-state index in [4.69, 9.17) is 0 Å². The highest BCUT2D eigenvalue weighted by Gasteiger charge is 2.47. The minimum absolute atomic E-state index is 0.732. The largest absolute Gasteiger partial charge is 0.317 e. The van der Waals surface area contributed by atoms with Crippen LogP contribution >= 0.6 is 0 Å². The van der Waals surface area contributed by atoms with Crippen LogP contribution in [0.3, 0.4) is 0 Å². The van der Waals surface area contributed by atoms with Crippen LogP contribution in [0.5, 0.6) is 0 Å². The number of likely N-dealkylation sites (tertiary alicyclic amines) is 1. The molecule has 0 amide bonds. The van der Waals surface area contributed by atoms with E-state index < -0.39 is 0 Å². The summed E-state index contributed by atoms with van der Waals surface area (Å²) in [6, 6.07) is 0.933. The third-order valence-electron chi connectivity index (χ3n) is 7.28. The Morgan fingerprint density at radius 2 is 1.55 bits per heavy atom. The fourth-order valence-corrected chi connectivity index (χ4v) is 6.09. The van der Waals surface area contributed by atoms with Gasteiger partial charge in [-0.3, -0.25) is 0 Å². The molecule has 2 aliphatic carbocycles. The zero-order valence-electron chi connectivity index (χ0n) is 13.3. The van der Waals surface area contributed by atoms with Gasteiger partial charge in [0.25, 0.3) is 0 Å². The first-order chi connectivity index (χ1) is 9.69. The molecule has 20 heavy (non-hydrogen) atoms. The van der Waals surface area contributed by atoms with E-state index in [0.29, 0.717) is 0 Å². The molecule has 4 rings (SSSR count). The quantitative estimate of drug-likeness (QED) is 0.789. The summed E-state index contributed by atoms with van der Waals surface area (Å²) in [5.74, 6) is 1.02. The molecule has 0 bridgehead atoms. The predicted octanol–water partition coefficient (Wildman–Crippen LogP) is 3.42. The lowest BCUT2D eigenvalue weighted by Gasteiger charge is -2.52. The van der Waals surface area contributed by atoms with Crippen LogP contribution in [0, 0.1) is 16.7 Å². The van der Waals surface area contributed by atoms with Gasteiger partial charge in [-0.05, 0) is 101 Å². The Kier molecular flexibility index (Phi) is 3.38. The average molecular weight is 276 g/mol. The highest BCUT2D eigenvalue weighted by Crippen LogP contribution is 2.53. The fourth-order valence-electron chi connectivity index (χ4n) is 6.09. The molecule has 2 saturated carbocycles. The maximum Gasteiger partial charge on any atom is 0.0101 e. The van der Waals surface area contributed by atoms with Crippen LogP contribution in [0.25, 0.3) is 0 Å². The van der Waals surface area contributed by atoms with Crippen LogP contribution in [-0.4, -0.2) is 37.1 Å². The summed E-state index contributed by atoms with van der Waals surface area (Å²) < 4.78 is 0. The molecule has 2 saturated heterocycles. The van der Waals surface area contributed by atoms with Crippen LogP contribution in [0.2, 0.25) is 0 Å². The van der Waals surface area contributed by atoms with Gasteiger partial charge in [0, 0.05) is 6.04 Å². The number of piperidine rings is 2. The highest BCUT2D eigenvalue weighted by molar-refractivity contribution is 5.00. The summed E-state index contributed by atoms with van der Waals surface area (Å²) >= 11 is 0. The van der Waals surface area contributed by atoms with Gasteiger partial charge in [0.15, 0.2) is 0 Å². The molecule has 1 N–H and O–H groups in total. The van der Waals surface area contributed by atoms with Crippen molar-refractivity contribution in [2.75, 3.05) is 26.2 Å². The van der Waals surface area contributed by atoms with Gasteiger partial charge in [0.2, 0.25) is 0 Å². The van der Waals surface area contributed by atoms with Gasteiger partial charge < -0.3 is 10.2 Å². The molecule has 0 aromatic heterocycles. The van der Waals surface area contributed by atoms with Crippen molar-refractivity contribution in [2.24, 2.45) is 16.7 Å².